The van der Waals surface area contributed by atoms with Gasteiger partial charge in [0.25, 0.3) is 0 Å². The maximum atomic E-state index is 12.2. The number of ketones is 1. The van der Waals surface area contributed by atoms with E-state index in [4.69, 9.17) is 0 Å². The molecule has 1 aromatic carbocycles. The summed E-state index contributed by atoms with van der Waals surface area (Å²) in [7, 11) is 0. The number of carbonyl (C=O) groups excluding carboxylic acids is 1. The highest BCUT2D eigenvalue weighted by Crippen LogP contribution is 2.27. The molecular formula is C17H14N4O3. The van der Waals surface area contributed by atoms with E-state index in [0.717, 1.165) is 5.69 Å². The maximum absolute atomic E-state index is 12.2. The molecule has 3 aromatic rings. The van der Waals surface area contributed by atoms with Crippen molar-refractivity contribution in [2.24, 2.45) is 0 Å². The normalized spacial score (nSPS) is 13.8. The van der Waals surface area contributed by atoms with Crippen molar-refractivity contribution in [2.75, 3.05) is 0 Å². The molecule has 24 heavy (non-hydrogen) atoms. The highest BCUT2D eigenvalue weighted by atomic mass is 16.4. The van der Waals surface area contributed by atoms with Gasteiger partial charge in [-0.05, 0) is 25.0 Å². The molecule has 0 unspecified atom stereocenters. The summed E-state index contributed by atoms with van der Waals surface area (Å²) in [5.74, 6) is -0.893. The Morgan fingerprint density at radius 3 is 2.71 bits per heavy atom. The van der Waals surface area contributed by atoms with Crippen LogP contribution >= 0.6 is 0 Å². The fourth-order valence-corrected chi connectivity index (χ4v) is 3.08. The van der Waals surface area contributed by atoms with Gasteiger partial charge in [0.2, 0.25) is 5.95 Å². The molecular weight excluding hydrogens is 308 g/mol. The molecule has 4 rings (SSSR count). The third-order valence-corrected chi connectivity index (χ3v) is 4.12. The predicted molar refractivity (Wildman–Crippen MR) is 84.9 cm³/mol. The summed E-state index contributed by atoms with van der Waals surface area (Å²) >= 11 is 0. The van der Waals surface area contributed by atoms with Gasteiger partial charge < -0.3 is 5.11 Å². The lowest BCUT2D eigenvalue weighted by Gasteiger charge is -2.14. The fraction of sp³-hybridized carbons (Fsp3) is 0.176. The monoisotopic (exact) mass is 322 g/mol. The number of carboxylic acid groups (broad SMARTS) is 1. The topological polar surface area (TPSA) is 90.0 Å². The Hall–Kier alpha value is -3.22. The molecule has 2 heterocycles. The molecule has 0 atom stereocenters. The molecule has 0 fully saturated rings. The number of carbonyl (C=O) groups is 2. The largest absolute Gasteiger partial charge is 0.476 e. The van der Waals surface area contributed by atoms with Crippen LogP contribution in [0.4, 0.5) is 0 Å². The van der Waals surface area contributed by atoms with Gasteiger partial charge in [-0.15, -0.1) is 0 Å². The first-order chi connectivity index (χ1) is 11.7. The molecule has 2 aromatic heterocycles. The molecule has 1 aliphatic carbocycles. The van der Waals surface area contributed by atoms with Crippen molar-refractivity contribution in [1.82, 2.24) is 19.3 Å². The zero-order valence-corrected chi connectivity index (χ0v) is 12.7. The van der Waals surface area contributed by atoms with Gasteiger partial charge in [0, 0.05) is 24.5 Å². The van der Waals surface area contributed by atoms with Gasteiger partial charge in [0.05, 0.1) is 11.3 Å². The molecule has 7 heteroatoms. The van der Waals surface area contributed by atoms with E-state index in [1.54, 1.807) is 12.4 Å². The Kier molecular flexibility index (Phi) is 3.26. The Bertz CT molecular complexity index is 940. The minimum absolute atomic E-state index is 0.169. The highest BCUT2D eigenvalue weighted by Gasteiger charge is 2.31. The lowest BCUT2D eigenvalue weighted by atomic mass is 9.94. The smallest absolute Gasteiger partial charge is 0.357 e. The standard InChI is InChI=1S/C17H14N4O3/c22-13-8-4-7-12-14(13)15(16(23)24)19-21(12)17-18-9-10-20(17)11-5-2-1-3-6-11/h1-3,5-6,9-10H,4,7-8H2,(H,23,24). The van der Waals surface area contributed by atoms with Crippen LogP contribution in [-0.2, 0) is 6.42 Å². The van der Waals surface area contributed by atoms with Crippen LogP contribution in [0.5, 0.6) is 0 Å². The number of benzene rings is 1. The van der Waals surface area contributed by atoms with Gasteiger partial charge in [-0.3, -0.25) is 9.36 Å². The van der Waals surface area contributed by atoms with Crippen LogP contribution in [0.2, 0.25) is 0 Å². The fourth-order valence-electron chi connectivity index (χ4n) is 3.08. The molecule has 1 aliphatic rings. The molecule has 0 spiro atoms. The number of rotatable bonds is 3. The van der Waals surface area contributed by atoms with Gasteiger partial charge in [-0.2, -0.15) is 5.10 Å². The van der Waals surface area contributed by atoms with Crippen LogP contribution in [0, 0.1) is 0 Å². The van der Waals surface area contributed by atoms with Crippen LogP contribution in [0.25, 0.3) is 11.6 Å². The summed E-state index contributed by atoms with van der Waals surface area (Å²) < 4.78 is 3.31. The average molecular weight is 322 g/mol. The zero-order chi connectivity index (χ0) is 16.7. The predicted octanol–water partition coefficient (Wildman–Crippen LogP) is 2.28. The second-order valence-corrected chi connectivity index (χ2v) is 5.60. The van der Waals surface area contributed by atoms with Crippen molar-refractivity contribution in [3.05, 3.63) is 59.7 Å². The molecule has 120 valence electrons. The quantitative estimate of drug-likeness (QED) is 0.799. The number of imidazole rings is 1. The van der Waals surface area contributed by atoms with E-state index in [1.807, 2.05) is 34.9 Å². The Balaban J connectivity index is 1.94. The zero-order valence-electron chi connectivity index (χ0n) is 12.7. The first-order valence-corrected chi connectivity index (χ1v) is 7.64. The van der Waals surface area contributed by atoms with Crippen LogP contribution in [0.15, 0.2) is 42.7 Å². The van der Waals surface area contributed by atoms with Gasteiger partial charge in [-0.1, -0.05) is 18.2 Å². The third kappa shape index (κ3) is 2.13. The van der Waals surface area contributed by atoms with E-state index in [1.165, 1.54) is 4.68 Å². The summed E-state index contributed by atoms with van der Waals surface area (Å²) in [6.07, 6.45) is 5.04. The summed E-state index contributed by atoms with van der Waals surface area (Å²) in [6.45, 7) is 0. The summed E-state index contributed by atoms with van der Waals surface area (Å²) in [5.41, 5.74) is 1.52. The molecule has 0 saturated heterocycles. The van der Waals surface area contributed by atoms with E-state index < -0.39 is 5.97 Å². The number of hydrogen-bond acceptors (Lipinski definition) is 4. The lowest BCUT2D eigenvalue weighted by Crippen LogP contribution is -2.16. The van der Waals surface area contributed by atoms with Crippen molar-refractivity contribution in [3.63, 3.8) is 0 Å². The number of Topliss-reactive ketones (excluding diaryl/α,β-unsaturated/α-hetero) is 1. The van der Waals surface area contributed by atoms with Crippen molar-refractivity contribution in [1.29, 1.82) is 0 Å². The average Bonchev–Trinajstić information content (AvgIpc) is 3.20. The van der Waals surface area contributed by atoms with Crippen molar-refractivity contribution >= 4 is 11.8 Å². The molecule has 7 nitrogen and oxygen atoms in total. The van der Waals surface area contributed by atoms with Gasteiger partial charge in [0.1, 0.15) is 0 Å². The molecule has 1 N–H and O–H groups in total. The molecule has 0 aliphatic heterocycles. The van der Waals surface area contributed by atoms with E-state index in [9.17, 15) is 14.7 Å². The SMILES string of the molecule is O=C(O)c1nn(-c2nccn2-c2ccccc2)c2c1C(=O)CCC2. The summed E-state index contributed by atoms with van der Waals surface area (Å²) in [4.78, 5) is 28.0. The maximum Gasteiger partial charge on any atom is 0.357 e. The number of hydrogen-bond donors (Lipinski definition) is 1. The molecule has 0 bridgehead atoms. The molecule has 0 radical (unpaired) electrons. The van der Waals surface area contributed by atoms with Crippen LogP contribution < -0.4 is 0 Å². The number of nitrogens with zero attached hydrogens (tertiary/aromatic N) is 4. The highest BCUT2D eigenvalue weighted by molar-refractivity contribution is 6.06. The third-order valence-electron chi connectivity index (χ3n) is 4.12. The van der Waals surface area contributed by atoms with E-state index in [2.05, 4.69) is 10.1 Å². The summed E-state index contributed by atoms with van der Waals surface area (Å²) in [6, 6.07) is 9.57. The number of carboxylic acids is 1. The Morgan fingerprint density at radius 2 is 1.96 bits per heavy atom. The minimum Gasteiger partial charge on any atom is -0.476 e. The minimum atomic E-state index is -1.20. The number of fused-ring (bicyclic) bond motifs is 1. The van der Waals surface area contributed by atoms with Gasteiger partial charge in [-0.25, -0.2) is 14.5 Å². The first-order valence-electron chi connectivity index (χ1n) is 7.64. The summed E-state index contributed by atoms with van der Waals surface area (Å²) in [5, 5.41) is 13.6. The van der Waals surface area contributed by atoms with E-state index in [-0.39, 0.29) is 17.0 Å². The van der Waals surface area contributed by atoms with E-state index in [0.29, 0.717) is 30.9 Å². The van der Waals surface area contributed by atoms with Crippen molar-refractivity contribution < 1.29 is 14.7 Å². The number of aromatic nitrogens is 4. The first kappa shape index (κ1) is 14.4. The number of aromatic carboxylic acids is 1. The second kappa shape index (κ2) is 5.45. The van der Waals surface area contributed by atoms with Crippen LogP contribution in [-0.4, -0.2) is 36.2 Å². The molecule has 0 saturated carbocycles. The van der Waals surface area contributed by atoms with Crippen molar-refractivity contribution in [3.8, 4) is 11.6 Å². The van der Waals surface area contributed by atoms with Crippen molar-refractivity contribution in [2.45, 2.75) is 19.3 Å². The Labute approximate surface area is 137 Å². The Morgan fingerprint density at radius 1 is 1.17 bits per heavy atom. The molecule has 0 amide bonds. The van der Waals surface area contributed by atoms with Gasteiger partial charge >= 0.3 is 5.97 Å². The number of para-hydroxylation sites is 1. The second-order valence-electron chi connectivity index (χ2n) is 5.60. The lowest BCUT2D eigenvalue weighted by molar-refractivity contribution is 0.0684. The van der Waals surface area contributed by atoms with Gasteiger partial charge in [0.15, 0.2) is 11.5 Å². The van der Waals surface area contributed by atoms with E-state index >= 15 is 0 Å². The van der Waals surface area contributed by atoms with Crippen LogP contribution in [0.3, 0.4) is 0 Å². The van der Waals surface area contributed by atoms with Crippen LogP contribution in [0.1, 0.15) is 39.4 Å².